The summed E-state index contributed by atoms with van der Waals surface area (Å²) < 4.78 is 28.2. The molecule has 0 aliphatic rings. The Morgan fingerprint density at radius 3 is 2.53 bits per heavy atom. The molecule has 6 nitrogen and oxygen atoms in total. The van der Waals surface area contributed by atoms with Gasteiger partial charge in [0.25, 0.3) is 0 Å². The molecule has 0 rings (SSSR count). The SMILES string of the molecule is COC(=O)CCCN(C)S(=O)(=O)CCO. The van der Waals surface area contributed by atoms with Gasteiger partial charge in [0, 0.05) is 20.0 Å². The van der Waals surface area contributed by atoms with Gasteiger partial charge in [0.15, 0.2) is 0 Å². The van der Waals surface area contributed by atoms with Crippen LogP contribution in [0, 0.1) is 0 Å². The zero-order valence-electron chi connectivity index (χ0n) is 8.97. The van der Waals surface area contributed by atoms with Crippen molar-refractivity contribution >= 4 is 16.0 Å². The lowest BCUT2D eigenvalue weighted by Gasteiger charge is -2.15. The number of methoxy groups -OCH3 is 1. The first-order chi connectivity index (χ1) is 6.94. The van der Waals surface area contributed by atoms with E-state index in [1.165, 1.54) is 14.2 Å². The molecule has 0 amide bonds. The van der Waals surface area contributed by atoms with E-state index in [-0.39, 0.29) is 24.7 Å². The molecule has 90 valence electrons. The van der Waals surface area contributed by atoms with Gasteiger partial charge in [-0.25, -0.2) is 12.7 Å². The van der Waals surface area contributed by atoms with Gasteiger partial charge in [-0.15, -0.1) is 0 Å². The van der Waals surface area contributed by atoms with Crippen molar-refractivity contribution in [1.82, 2.24) is 4.31 Å². The summed E-state index contributed by atoms with van der Waals surface area (Å²) >= 11 is 0. The molecule has 0 unspecified atom stereocenters. The van der Waals surface area contributed by atoms with Crippen LogP contribution in [0.15, 0.2) is 0 Å². The van der Waals surface area contributed by atoms with Crippen LogP contribution in [-0.4, -0.2) is 56.9 Å². The van der Waals surface area contributed by atoms with Crippen LogP contribution in [-0.2, 0) is 19.6 Å². The van der Waals surface area contributed by atoms with Crippen LogP contribution in [0.2, 0.25) is 0 Å². The fourth-order valence-electron chi connectivity index (χ4n) is 0.958. The molecule has 0 fully saturated rings. The van der Waals surface area contributed by atoms with Crippen molar-refractivity contribution in [2.24, 2.45) is 0 Å². The number of sulfonamides is 1. The topological polar surface area (TPSA) is 83.9 Å². The van der Waals surface area contributed by atoms with Gasteiger partial charge >= 0.3 is 5.97 Å². The molecule has 0 heterocycles. The van der Waals surface area contributed by atoms with E-state index in [0.29, 0.717) is 6.42 Å². The summed E-state index contributed by atoms with van der Waals surface area (Å²) in [4.78, 5) is 10.7. The third-order valence-corrected chi connectivity index (χ3v) is 3.74. The molecule has 1 N–H and O–H groups in total. The Bertz CT molecular complexity index is 287. The summed E-state index contributed by atoms with van der Waals surface area (Å²) in [5.41, 5.74) is 0. The highest BCUT2D eigenvalue weighted by Crippen LogP contribution is 2.01. The maximum absolute atomic E-state index is 11.3. The zero-order chi connectivity index (χ0) is 11.9. The van der Waals surface area contributed by atoms with E-state index in [9.17, 15) is 13.2 Å². The van der Waals surface area contributed by atoms with E-state index in [2.05, 4.69) is 4.74 Å². The van der Waals surface area contributed by atoms with Crippen LogP contribution in [0.25, 0.3) is 0 Å². The van der Waals surface area contributed by atoms with Crippen LogP contribution in [0.5, 0.6) is 0 Å². The molecule has 0 radical (unpaired) electrons. The van der Waals surface area contributed by atoms with Gasteiger partial charge < -0.3 is 9.84 Å². The largest absolute Gasteiger partial charge is 0.469 e. The van der Waals surface area contributed by atoms with Gasteiger partial charge in [0.1, 0.15) is 0 Å². The Morgan fingerprint density at radius 1 is 1.47 bits per heavy atom. The third-order valence-electron chi connectivity index (χ3n) is 1.91. The molecular formula is C8H17NO5S. The molecule has 7 heteroatoms. The number of esters is 1. The Kier molecular flexibility index (Phi) is 6.46. The van der Waals surface area contributed by atoms with E-state index < -0.39 is 16.6 Å². The second kappa shape index (κ2) is 6.76. The molecule has 0 saturated carbocycles. The summed E-state index contributed by atoms with van der Waals surface area (Å²) in [6.45, 7) is -0.152. The second-order valence-corrected chi connectivity index (χ2v) is 5.24. The van der Waals surface area contributed by atoms with Crippen LogP contribution in [0.1, 0.15) is 12.8 Å². The number of carbonyl (C=O) groups is 1. The number of nitrogens with zero attached hydrogens (tertiary/aromatic N) is 1. The maximum atomic E-state index is 11.3. The van der Waals surface area contributed by atoms with Crippen molar-refractivity contribution < 1.29 is 23.1 Å². The minimum absolute atomic E-state index is 0.190. The van der Waals surface area contributed by atoms with Crippen LogP contribution in [0.3, 0.4) is 0 Å². The fraction of sp³-hybridized carbons (Fsp3) is 0.875. The summed E-state index contributed by atoms with van der Waals surface area (Å²) in [7, 11) is -0.679. The first-order valence-electron chi connectivity index (χ1n) is 4.55. The molecule has 0 spiro atoms. The van der Waals surface area contributed by atoms with Crippen molar-refractivity contribution in [2.75, 3.05) is 33.1 Å². The summed E-state index contributed by atoms with van der Waals surface area (Å²) in [5.74, 6) is -0.648. The van der Waals surface area contributed by atoms with Crippen molar-refractivity contribution in [1.29, 1.82) is 0 Å². The standard InChI is InChI=1S/C8H17NO5S/c1-9(15(12,13)7-6-10)5-3-4-8(11)14-2/h10H,3-7H2,1-2H3. The highest BCUT2D eigenvalue weighted by atomic mass is 32.2. The van der Waals surface area contributed by atoms with Crippen LogP contribution in [0.4, 0.5) is 0 Å². The number of hydrogen-bond acceptors (Lipinski definition) is 5. The van der Waals surface area contributed by atoms with Crippen LogP contribution < -0.4 is 0 Å². The van der Waals surface area contributed by atoms with Gasteiger partial charge in [-0.05, 0) is 6.42 Å². The molecule has 0 aromatic heterocycles. The van der Waals surface area contributed by atoms with E-state index in [4.69, 9.17) is 5.11 Å². The fourth-order valence-corrected chi connectivity index (χ4v) is 1.91. The minimum atomic E-state index is -3.38. The van der Waals surface area contributed by atoms with Crippen molar-refractivity contribution in [3.8, 4) is 0 Å². The number of aliphatic hydroxyl groups is 1. The smallest absolute Gasteiger partial charge is 0.305 e. The highest BCUT2D eigenvalue weighted by Gasteiger charge is 2.16. The Hall–Kier alpha value is -0.660. The number of carbonyl (C=O) groups excluding carboxylic acids is 1. The molecule has 0 saturated heterocycles. The van der Waals surface area contributed by atoms with Gasteiger partial charge in [-0.2, -0.15) is 0 Å². The zero-order valence-corrected chi connectivity index (χ0v) is 9.79. The molecule has 0 aromatic rings. The normalized spacial score (nSPS) is 11.7. The Morgan fingerprint density at radius 2 is 2.07 bits per heavy atom. The predicted octanol–water partition coefficient (Wildman–Crippen LogP) is -0.806. The summed E-state index contributed by atoms with van der Waals surface area (Å²) in [5, 5.41) is 8.52. The van der Waals surface area contributed by atoms with E-state index in [0.717, 1.165) is 4.31 Å². The average Bonchev–Trinajstić information content (AvgIpc) is 2.17. The molecule has 15 heavy (non-hydrogen) atoms. The second-order valence-electron chi connectivity index (χ2n) is 3.04. The predicted molar refractivity (Wildman–Crippen MR) is 54.8 cm³/mol. The Balaban J connectivity index is 3.93. The van der Waals surface area contributed by atoms with Gasteiger partial charge in [0.2, 0.25) is 10.0 Å². The van der Waals surface area contributed by atoms with E-state index in [1.807, 2.05) is 0 Å². The van der Waals surface area contributed by atoms with Crippen LogP contribution >= 0.6 is 0 Å². The van der Waals surface area contributed by atoms with Crippen molar-refractivity contribution in [3.63, 3.8) is 0 Å². The van der Waals surface area contributed by atoms with Gasteiger partial charge in [-0.1, -0.05) is 0 Å². The van der Waals surface area contributed by atoms with Gasteiger partial charge in [0.05, 0.1) is 19.5 Å². The first kappa shape index (κ1) is 14.3. The Labute approximate surface area is 89.9 Å². The number of hydrogen-bond donors (Lipinski definition) is 1. The summed E-state index contributed by atoms with van der Waals surface area (Å²) in [6.07, 6.45) is 0.601. The lowest BCUT2D eigenvalue weighted by Crippen LogP contribution is -2.31. The number of rotatable bonds is 7. The van der Waals surface area contributed by atoms with Crippen molar-refractivity contribution in [2.45, 2.75) is 12.8 Å². The summed E-state index contributed by atoms with van der Waals surface area (Å²) in [6, 6.07) is 0. The third kappa shape index (κ3) is 5.71. The molecule has 0 aliphatic carbocycles. The lowest BCUT2D eigenvalue weighted by atomic mass is 10.3. The first-order valence-corrected chi connectivity index (χ1v) is 6.16. The molecule has 0 atom stereocenters. The molecular weight excluding hydrogens is 222 g/mol. The maximum Gasteiger partial charge on any atom is 0.305 e. The number of aliphatic hydroxyl groups excluding tert-OH is 1. The molecule has 0 bridgehead atoms. The monoisotopic (exact) mass is 239 g/mol. The van der Waals surface area contributed by atoms with E-state index in [1.54, 1.807) is 0 Å². The quantitative estimate of drug-likeness (QED) is 0.588. The van der Waals surface area contributed by atoms with Gasteiger partial charge in [-0.3, -0.25) is 4.79 Å². The highest BCUT2D eigenvalue weighted by molar-refractivity contribution is 7.89. The van der Waals surface area contributed by atoms with Crippen molar-refractivity contribution in [3.05, 3.63) is 0 Å². The minimum Gasteiger partial charge on any atom is -0.469 e. The molecule has 0 aliphatic heterocycles. The molecule has 0 aromatic carbocycles. The average molecular weight is 239 g/mol. The van der Waals surface area contributed by atoms with E-state index >= 15 is 0 Å². The number of ether oxygens (including phenoxy) is 1. The lowest BCUT2D eigenvalue weighted by molar-refractivity contribution is -0.140.